The van der Waals surface area contributed by atoms with Crippen LogP contribution in [-0.2, 0) is 27.4 Å². The molecule has 0 aliphatic carbocycles. The standard InChI is InChI=1S/C17H19N3O3.2ClH/c18-15(10-14-8-4-5-9-19-14)17(22)20-11-16(21)23-12-13-6-2-1-3-7-13;;/h1-9,15H,10-12,18H2,(H,20,22);2*1H/t15-;;/m0../s1. The smallest absolute Gasteiger partial charge is 0.325 e. The second-order valence-corrected chi connectivity index (χ2v) is 5.00. The van der Waals surface area contributed by atoms with Crippen LogP contribution in [0.2, 0.25) is 0 Å². The van der Waals surface area contributed by atoms with Crippen LogP contribution in [0.25, 0.3) is 0 Å². The monoisotopic (exact) mass is 385 g/mol. The van der Waals surface area contributed by atoms with E-state index in [1.165, 1.54) is 0 Å². The number of carbonyl (C=O) groups excluding carboxylic acids is 2. The van der Waals surface area contributed by atoms with Gasteiger partial charge in [0.25, 0.3) is 0 Å². The summed E-state index contributed by atoms with van der Waals surface area (Å²) in [4.78, 5) is 27.6. The normalized spacial score (nSPS) is 10.6. The first-order chi connectivity index (χ1) is 11.1. The molecule has 0 aliphatic rings. The third kappa shape index (κ3) is 8.49. The fourth-order valence-corrected chi connectivity index (χ4v) is 1.92. The summed E-state index contributed by atoms with van der Waals surface area (Å²) in [5, 5.41) is 2.47. The Kier molecular flexibility index (Phi) is 11.2. The molecule has 136 valence electrons. The van der Waals surface area contributed by atoms with Crippen molar-refractivity contribution in [3.63, 3.8) is 0 Å². The summed E-state index contributed by atoms with van der Waals surface area (Å²) in [7, 11) is 0. The number of ether oxygens (including phenoxy) is 1. The molecule has 1 amide bonds. The summed E-state index contributed by atoms with van der Waals surface area (Å²) in [5.41, 5.74) is 7.41. The molecule has 1 heterocycles. The maximum Gasteiger partial charge on any atom is 0.325 e. The lowest BCUT2D eigenvalue weighted by atomic mass is 10.1. The quantitative estimate of drug-likeness (QED) is 0.706. The van der Waals surface area contributed by atoms with Gasteiger partial charge in [0.1, 0.15) is 13.2 Å². The van der Waals surface area contributed by atoms with Crippen molar-refractivity contribution in [2.24, 2.45) is 5.73 Å². The zero-order valence-corrected chi connectivity index (χ0v) is 15.1. The van der Waals surface area contributed by atoms with E-state index in [1.807, 2.05) is 36.4 Å². The third-order valence-electron chi connectivity index (χ3n) is 3.14. The molecule has 1 aromatic carbocycles. The maximum atomic E-state index is 11.9. The van der Waals surface area contributed by atoms with Gasteiger partial charge in [-0.2, -0.15) is 0 Å². The van der Waals surface area contributed by atoms with Crippen molar-refractivity contribution < 1.29 is 14.3 Å². The highest BCUT2D eigenvalue weighted by atomic mass is 35.5. The summed E-state index contributed by atoms with van der Waals surface area (Å²) in [6, 6.07) is 14.0. The molecule has 8 heteroatoms. The number of benzene rings is 1. The number of hydrogen-bond acceptors (Lipinski definition) is 5. The highest BCUT2D eigenvalue weighted by molar-refractivity contribution is 5.86. The predicted molar refractivity (Wildman–Crippen MR) is 99.7 cm³/mol. The molecule has 2 aromatic rings. The van der Waals surface area contributed by atoms with Crippen LogP contribution in [0, 0.1) is 0 Å². The summed E-state index contributed by atoms with van der Waals surface area (Å²) in [5.74, 6) is -0.917. The van der Waals surface area contributed by atoms with Gasteiger partial charge in [-0.3, -0.25) is 14.6 Å². The summed E-state index contributed by atoms with van der Waals surface area (Å²) in [6.45, 7) is -0.0306. The minimum Gasteiger partial charge on any atom is -0.460 e. The molecule has 1 aromatic heterocycles. The highest BCUT2D eigenvalue weighted by Crippen LogP contribution is 2.01. The number of nitrogens with one attached hydrogen (secondary N) is 1. The van der Waals surface area contributed by atoms with Gasteiger partial charge in [0, 0.05) is 18.3 Å². The van der Waals surface area contributed by atoms with Gasteiger partial charge in [-0.15, -0.1) is 24.8 Å². The molecular formula is C17H21Cl2N3O3. The Labute approximate surface area is 159 Å². The van der Waals surface area contributed by atoms with Crippen molar-refractivity contribution in [3.8, 4) is 0 Å². The lowest BCUT2D eigenvalue weighted by Crippen LogP contribution is -2.44. The minimum absolute atomic E-state index is 0. The number of rotatable bonds is 7. The number of carbonyl (C=O) groups is 2. The molecule has 6 nitrogen and oxygen atoms in total. The van der Waals surface area contributed by atoms with Crippen LogP contribution in [0.4, 0.5) is 0 Å². The third-order valence-corrected chi connectivity index (χ3v) is 3.14. The van der Waals surface area contributed by atoms with Crippen LogP contribution < -0.4 is 11.1 Å². The van der Waals surface area contributed by atoms with Crippen molar-refractivity contribution in [1.29, 1.82) is 0 Å². The zero-order chi connectivity index (χ0) is 16.5. The SMILES string of the molecule is Cl.Cl.N[C@@H](Cc1ccccn1)C(=O)NCC(=O)OCc1ccccc1. The van der Waals surface area contributed by atoms with Gasteiger partial charge >= 0.3 is 5.97 Å². The van der Waals surface area contributed by atoms with Gasteiger partial charge in [-0.25, -0.2) is 0 Å². The van der Waals surface area contributed by atoms with E-state index in [4.69, 9.17) is 10.5 Å². The number of pyridine rings is 1. The van der Waals surface area contributed by atoms with Gasteiger partial charge in [0.05, 0.1) is 6.04 Å². The number of nitrogens with zero attached hydrogens (tertiary/aromatic N) is 1. The number of nitrogens with two attached hydrogens (primary N) is 1. The molecule has 0 saturated heterocycles. The van der Waals surface area contributed by atoms with E-state index >= 15 is 0 Å². The minimum atomic E-state index is -0.758. The van der Waals surface area contributed by atoms with Gasteiger partial charge < -0.3 is 15.8 Å². The topological polar surface area (TPSA) is 94.3 Å². The molecule has 0 unspecified atom stereocenters. The lowest BCUT2D eigenvalue weighted by molar-refractivity contribution is -0.145. The van der Waals surface area contributed by atoms with Crippen LogP contribution in [0.3, 0.4) is 0 Å². The highest BCUT2D eigenvalue weighted by Gasteiger charge is 2.15. The summed E-state index contributed by atoms with van der Waals surface area (Å²) in [6.07, 6.45) is 1.95. The van der Waals surface area contributed by atoms with Gasteiger partial charge in [-0.1, -0.05) is 36.4 Å². The largest absolute Gasteiger partial charge is 0.460 e. The van der Waals surface area contributed by atoms with Gasteiger partial charge in [0.2, 0.25) is 5.91 Å². The summed E-state index contributed by atoms with van der Waals surface area (Å²) < 4.78 is 5.07. The van der Waals surface area contributed by atoms with Crippen LogP contribution in [-0.4, -0.2) is 29.4 Å². The molecule has 2 rings (SSSR count). The van der Waals surface area contributed by atoms with E-state index in [1.54, 1.807) is 18.3 Å². The van der Waals surface area contributed by atoms with Crippen molar-refractivity contribution in [3.05, 3.63) is 66.0 Å². The molecule has 0 spiro atoms. The lowest BCUT2D eigenvalue weighted by Gasteiger charge is -2.11. The Morgan fingerprint density at radius 3 is 2.40 bits per heavy atom. The molecule has 0 fully saturated rings. The molecule has 0 radical (unpaired) electrons. The molecule has 0 bridgehead atoms. The second-order valence-electron chi connectivity index (χ2n) is 5.00. The number of halogens is 2. The van der Waals surface area contributed by atoms with Crippen LogP contribution in [0.5, 0.6) is 0 Å². The first-order valence-electron chi connectivity index (χ1n) is 7.28. The molecule has 3 N–H and O–H groups in total. The number of amides is 1. The average molecular weight is 386 g/mol. The van der Waals surface area contributed by atoms with E-state index < -0.39 is 17.9 Å². The molecular weight excluding hydrogens is 365 g/mol. The molecule has 0 saturated carbocycles. The Morgan fingerprint density at radius 2 is 1.76 bits per heavy atom. The molecule has 0 aliphatic heterocycles. The Morgan fingerprint density at radius 1 is 1.08 bits per heavy atom. The Hall–Kier alpha value is -2.15. The maximum absolute atomic E-state index is 11.9. The van der Waals surface area contributed by atoms with Crippen molar-refractivity contribution in [1.82, 2.24) is 10.3 Å². The van der Waals surface area contributed by atoms with Crippen molar-refractivity contribution in [2.75, 3.05) is 6.54 Å². The Balaban J connectivity index is 0.00000288. The van der Waals surface area contributed by atoms with Crippen molar-refractivity contribution in [2.45, 2.75) is 19.1 Å². The first-order valence-corrected chi connectivity index (χ1v) is 7.28. The van der Waals surface area contributed by atoms with E-state index in [0.29, 0.717) is 6.42 Å². The fraction of sp³-hybridized carbons (Fsp3) is 0.235. The van der Waals surface area contributed by atoms with Crippen LogP contribution in [0.15, 0.2) is 54.7 Å². The fourth-order valence-electron chi connectivity index (χ4n) is 1.92. The number of hydrogen-bond donors (Lipinski definition) is 2. The first kappa shape index (κ1) is 22.9. The van der Waals surface area contributed by atoms with E-state index in [-0.39, 0.29) is 38.0 Å². The molecule has 1 atom stereocenters. The van der Waals surface area contributed by atoms with E-state index in [2.05, 4.69) is 10.3 Å². The number of esters is 1. The van der Waals surface area contributed by atoms with Gasteiger partial charge in [0.15, 0.2) is 0 Å². The second kappa shape index (κ2) is 12.2. The van der Waals surface area contributed by atoms with Crippen LogP contribution in [0.1, 0.15) is 11.3 Å². The predicted octanol–water partition coefficient (Wildman–Crippen LogP) is 1.65. The molecule has 25 heavy (non-hydrogen) atoms. The van der Waals surface area contributed by atoms with Crippen LogP contribution >= 0.6 is 24.8 Å². The van der Waals surface area contributed by atoms with E-state index in [0.717, 1.165) is 11.3 Å². The summed E-state index contributed by atoms with van der Waals surface area (Å²) >= 11 is 0. The van der Waals surface area contributed by atoms with E-state index in [9.17, 15) is 9.59 Å². The number of aromatic nitrogens is 1. The zero-order valence-electron chi connectivity index (χ0n) is 13.5. The van der Waals surface area contributed by atoms with Gasteiger partial charge in [-0.05, 0) is 17.7 Å². The van der Waals surface area contributed by atoms with Crippen molar-refractivity contribution >= 4 is 36.7 Å². The average Bonchev–Trinajstić information content (AvgIpc) is 2.59. The Bertz CT molecular complexity index is 642.